The molecule has 0 N–H and O–H groups in total. The molecule has 0 unspecified atom stereocenters. The Morgan fingerprint density at radius 2 is 1.67 bits per heavy atom. The quantitative estimate of drug-likeness (QED) is 0.674. The summed E-state index contributed by atoms with van der Waals surface area (Å²) in [6, 6.07) is 13.2. The van der Waals surface area contributed by atoms with Crippen molar-refractivity contribution < 1.29 is 9.13 Å². The first-order valence-corrected chi connectivity index (χ1v) is 7.76. The van der Waals surface area contributed by atoms with Gasteiger partial charge in [-0.05, 0) is 61.1 Å². The molecule has 1 aliphatic rings. The monoisotopic (exact) mass is 284 g/mol. The maximum atomic E-state index is 13.8. The van der Waals surface area contributed by atoms with E-state index in [9.17, 15) is 4.39 Å². The molecule has 1 nitrogen and oxygen atoms in total. The molecular weight excluding hydrogens is 263 g/mol. The van der Waals surface area contributed by atoms with Crippen LogP contribution in [0.3, 0.4) is 0 Å². The van der Waals surface area contributed by atoms with Crippen LogP contribution in [-0.4, -0.2) is 0 Å². The first-order valence-electron chi connectivity index (χ1n) is 7.76. The molecule has 0 atom stereocenters. The third-order valence-electron chi connectivity index (χ3n) is 4.27. The summed E-state index contributed by atoms with van der Waals surface area (Å²) in [5, 5.41) is 0. The van der Waals surface area contributed by atoms with Crippen LogP contribution in [0.15, 0.2) is 42.5 Å². The Kier molecular flexibility index (Phi) is 4.23. The van der Waals surface area contributed by atoms with Gasteiger partial charge in [-0.2, -0.15) is 0 Å². The van der Waals surface area contributed by atoms with E-state index in [0.717, 1.165) is 5.56 Å². The third kappa shape index (κ3) is 3.44. The molecule has 21 heavy (non-hydrogen) atoms. The van der Waals surface area contributed by atoms with Gasteiger partial charge in [0.1, 0.15) is 5.75 Å². The zero-order chi connectivity index (χ0) is 14.7. The van der Waals surface area contributed by atoms with Crippen molar-refractivity contribution in [2.24, 2.45) is 0 Å². The van der Waals surface area contributed by atoms with Crippen molar-refractivity contribution in [2.75, 3.05) is 0 Å². The minimum absolute atomic E-state index is 0.283. The Bertz CT molecular complexity index is 597. The summed E-state index contributed by atoms with van der Waals surface area (Å²) in [5.41, 5.74) is 2.28. The Hall–Kier alpha value is -1.83. The van der Waals surface area contributed by atoms with E-state index >= 15 is 0 Å². The van der Waals surface area contributed by atoms with E-state index in [1.807, 2.05) is 25.1 Å². The zero-order valence-corrected chi connectivity index (χ0v) is 12.4. The van der Waals surface area contributed by atoms with Crippen LogP contribution in [0, 0.1) is 12.7 Å². The second-order valence-electron chi connectivity index (χ2n) is 5.94. The third-order valence-corrected chi connectivity index (χ3v) is 4.27. The van der Waals surface area contributed by atoms with Crippen molar-refractivity contribution in [2.45, 2.75) is 44.9 Å². The number of hydrogen-bond acceptors (Lipinski definition) is 1. The lowest BCUT2D eigenvalue weighted by Crippen LogP contribution is -2.04. The van der Waals surface area contributed by atoms with Gasteiger partial charge in [0.2, 0.25) is 0 Å². The fourth-order valence-electron chi connectivity index (χ4n) is 3.06. The predicted octanol–water partition coefficient (Wildman–Crippen LogP) is 5.97. The summed E-state index contributed by atoms with van der Waals surface area (Å²) in [4.78, 5) is 0. The highest BCUT2D eigenvalue weighted by Crippen LogP contribution is 2.34. The van der Waals surface area contributed by atoms with Crippen molar-refractivity contribution in [1.29, 1.82) is 0 Å². The summed E-state index contributed by atoms with van der Waals surface area (Å²) in [7, 11) is 0. The highest BCUT2D eigenvalue weighted by atomic mass is 19.1. The molecule has 110 valence electrons. The lowest BCUT2D eigenvalue weighted by Gasteiger charge is -2.22. The van der Waals surface area contributed by atoms with Gasteiger partial charge in [-0.1, -0.05) is 37.5 Å². The van der Waals surface area contributed by atoms with E-state index in [0.29, 0.717) is 11.7 Å². The lowest BCUT2D eigenvalue weighted by molar-refractivity contribution is 0.436. The Labute approximate surface area is 125 Å². The van der Waals surface area contributed by atoms with Gasteiger partial charge in [-0.15, -0.1) is 0 Å². The molecular formula is C19H21FO. The lowest BCUT2D eigenvalue weighted by atomic mass is 9.84. The minimum Gasteiger partial charge on any atom is -0.454 e. The molecule has 0 aromatic heterocycles. The average Bonchev–Trinajstić information content (AvgIpc) is 2.52. The smallest absolute Gasteiger partial charge is 0.165 e. The molecule has 0 bridgehead atoms. The highest BCUT2D eigenvalue weighted by molar-refractivity contribution is 5.36. The number of hydrogen-bond donors (Lipinski definition) is 0. The van der Waals surface area contributed by atoms with Crippen molar-refractivity contribution in [3.8, 4) is 11.5 Å². The van der Waals surface area contributed by atoms with Gasteiger partial charge >= 0.3 is 0 Å². The van der Waals surface area contributed by atoms with Gasteiger partial charge < -0.3 is 4.74 Å². The topological polar surface area (TPSA) is 9.23 Å². The molecule has 0 spiro atoms. The summed E-state index contributed by atoms with van der Waals surface area (Å²) in [6.45, 7) is 1.87. The highest BCUT2D eigenvalue weighted by Gasteiger charge is 2.15. The molecule has 2 heteroatoms. The number of benzene rings is 2. The molecule has 0 heterocycles. The van der Waals surface area contributed by atoms with Gasteiger partial charge in [-0.3, -0.25) is 0 Å². The van der Waals surface area contributed by atoms with E-state index in [-0.39, 0.29) is 11.6 Å². The molecule has 0 radical (unpaired) electrons. The molecule has 0 saturated heterocycles. The van der Waals surface area contributed by atoms with Crippen LogP contribution in [0.1, 0.15) is 49.1 Å². The zero-order valence-electron chi connectivity index (χ0n) is 12.4. The fourth-order valence-corrected chi connectivity index (χ4v) is 3.06. The fraction of sp³-hybridized carbons (Fsp3) is 0.368. The number of ether oxygens (including phenoxy) is 1. The second kappa shape index (κ2) is 6.30. The van der Waals surface area contributed by atoms with Crippen LogP contribution in [0.4, 0.5) is 4.39 Å². The van der Waals surface area contributed by atoms with E-state index in [4.69, 9.17) is 4.74 Å². The van der Waals surface area contributed by atoms with Crippen LogP contribution in [0.2, 0.25) is 0 Å². The molecule has 1 aliphatic carbocycles. The molecule has 0 amide bonds. The Balaban J connectivity index is 1.71. The number of halogens is 1. The Morgan fingerprint density at radius 3 is 2.33 bits per heavy atom. The SMILES string of the molecule is Cc1ccc(Oc2ccc(C3CCCCC3)cc2)c(F)c1. The van der Waals surface area contributed by atoms with E-state index in [1.54, 1.807) is 6.07 Å². The number of rotatable bonds is 3. The van der Waals surface area contributed by atoms with Crippen molar-refractivity contribution in [3.63, 3.8) is 0 Å². The first-order chi connectivity index (χ1) is 10.2. The van der Waals surface area contributed by atoms with Crippen LogP contribution >= 0.6 is 0 Å². The van der Waals surface area contributed by atoms with Crippen LogP contribution in [0.5, 0.6) is 11.5 Å². The second-order valence-corrected chi connectivity index (χ2v) is 5.94. The van der Waals surface area contributed by atoms with E-state index < -0.39 is 0 Å². The van der Waals surface area contributed by atoms with Gasteiger partial charge in [0.05, 0.1) is 0 Å². The normalized spacial score (nSPS) is 15.9. The largest absolute Gasteiger partial charge is 0.454 e. The molecule has 1 saturated carbocycles. The molecule has 1 fully saturated rings. The van der Waals surface area contributed by atoms with Gasteiger partial charge in [0, 0.05) is 0 Å². The maximum absolute atomic E-state index is 13.8. The minimum atomic E-state index is -0.314. The van der Waals surface area contributed by atoms with Crippen LogP contribution < -0.4 is 4.74 Å². The first kappa shape index (κ1) is 14.1. The molecule has 2 aromatic carbocycles. The summed E-state index contributed by atoms with van der Waals surface area (Å²) in [5.74, 6) is 1.35. The summed E-state index contributed by atoms with van der Waals surface area (Å²) < 4.78 is 19.4. The number of aryl methyl sites for hydroxylation is 1. The standard InChI is InChI=1S/C19H21FO/c1-14-7-12-19(18(20)13-14)21-17-10-8-16(9-11-17)15-5-3-2-4-6-15/h7-13,15H,2-6H2,1H3. The summed E-state index contributed by atoms with van der Waals surface area (Å²) in [6.07, 6.45) is 6.60. The average molecular weight is 284 g/mol. The van der Waals surface area contributed by atoms with Crippen molar-refractivity contribution >= 4 is 0 Å². The molecule has 2 aromatic rings. The summed E-state index contributed by atoms with van der Waals surface area (Å²) >= 11 is 0. The van der Waals surface area contributed by atoms with Crippen molar-refractivity contribution in [1.82, 2.24) is 0 Å². The van der Waals surface area contributed by atoms with E-state index in [1.165, 1.54) is 43.7 Å². The van der Waals surface area contributed by atoms with Crippen LogP contribution in [0.25, 0.3) is 0 Å². The van der Waals surface area contributed by atoms with E-state index in [2.05, 4.69) is 12.1 Å². The van der Waals surface area contributed by atoms with Crippen molar-refractivity contribution in [3.05, 3.63) is 59.4 Å². The van der Waals surface area contributed by atoms with Gasteiger partial charge in [-0.25, -0.2) is 4.39 Å². The maximum Gasteiger partial charge on any atom is 0.165 e. The molecule has 3 rings (SSSR count). The Morgan fingerprint density at radius 1 is 0.952 bits per heavy atom. The molecule has 0 aliphatic heterocycles. The van der Waals surface area contributed by atoms with Gasteiger partial charge in [0.25, 0.3) is 0 Å². The van der Waals surface area contributed by atoms with Gasteiger partial charge in [0.15, 0.2) is 11.6 Å². The van der Waals surface area contributed by atoms with Crippen LogP contribution in [-0.2, 0) is 0 Å². The predicted molar refractivity (Wildman–Crippen MR) is 83.5 cm³/mol.